The second-order valence-electron chi connectivity index (χ2n) is 5.98. The van der Waals surface area contributed by atoms with E-state index < -0.39 is 0 Å². The summed E-state index contributed by atoms with van der Waals surface area (Å²) in [7, 11) is 0. The van der Waals surface area contributed by atoms with Gasteiger partial charge in [-0.25, -0.2) is 0 Å². The number of rotatable bonds is 5. The molecule has 0 aliphatic carbocycles. The molecule has 1 N–H and O–H groups in total. The van der Waals surface area contributed by atoms with Crippen molar-refractivity contribution in [2.75, 3.05) is 39.3 Å². The average Bonchev–Trinajstić information content (AvgIpc) is 2.41. The highest BCUT2D eigenvalue weighted by Crippen LogP contribution is 2.24. The van der Waals surface area contributed by atoms with E-state index in [2.05, 4.69) is 23.6 Å². The van der Waals surface area contributed by atoms with Crippen LogP contribution in [0.3, 0.4) is 0 Å². The van der Waals surface area contributed by atoms with Crippen LogP contribution in [0.1, 0.15) is 25.5 Å². The van der Waals surface area contributed by atoms with Gasteiger partial charge in [0.05, 0.1) is 12.6 Å². The van der Waals surface area contributed by atoms with Gasteiger partial charge in [-0.2, -0.15) is 0 Å². The third kappa shape index (κ3) is 4.19. The molecule has 1 aliphatic rings. The number of halogens is 1. The van der Waals surface area contributed by atoms with Gasteiger partial charge in [0, 0.05) is 37.7 Å². The zero-order valence-electron chi connectivity index (χ0n) is 12.4. The van der Waals surface area contributed by atoms with E-state index in [-0.39, 0.29) is 12.6 Å². The predicted octanol–water partition coefficient (Wildman–Crippen LogP) is 2.65. The topological polar surface area (TPSA) is 26.7 Å². The lowest BCUT2D eigenvalue weighted by Crippen LogP contribution is -2.49. The fourth-order valence-corrected chi connectivity index (χ4v) is 3.12. The van der Waals surface area contributed by atoms with E-state index >= 15 is 0 Å². The van der Waals surface area contributed by atoms with Crippen LogP contribution >= 0.6 is 11.6 Å². The Hall–Kier alpha value is -0.610. The number of aliphatic hydroxyl groups is 1. The van der Waals surface area contributed by atoms with Crippen LogP contribution in [0.5, 0.6) is 0 Å². The lowest BCUT2D eigenvalue weighted by molar-refractivity contribution is 0.0606. The fraction of sp³-hybridized carbons (Fsp3) is 0.625. The molecule has 0 aromatic heterocycles. The first-order valence-electron chi connectivity index (χ1n) is 7.43. The molecule has 1 unspecified atom stereocenters. The van der Waals surface area contributed by atoms with E-state index in [9.17, 15) is 5.11 Å². The number of hydrogen-bond acceptors (Lipinski definition) is 3. The van der Waals surface area contributed by atoms with Crippen molar-refractivity contribution in [1.82, 2.24) is 9.80 Å². The molecule has 1 saturated heterocycles. The van der Waals surface area contributed by atoms with Crippen LogP contribution in [0.15, 0.2) is 24.3 Å². The van der Waals surface area contributed by atoms with Crippen LogP contribution in [0.2, 0.25) is 5.02 Å². The number of benzene rings is 1. The maximum Gasteiger partial charge on any atom is 0.0628 e. The number of nitrogens with zero attached hydrogens (tertiary/aromatic N) is 2. The van der Waals surface area contributed by atoms with Crippen LogP contribution < -0.4 is 0 Å². The van der Waals surface area contributed by atoms with Gasteiger partial charge in [0.2, 0.25) is 0 Å². The molecule has 1 atom stereocenters. The summed E-state index contributed by atoms with van der Waals surface area (Å²) in [5.74, 6) is 0.711. The molecule has 0 radical (unpaired) electrons. The molecule has 0 spiro atoms. The lowest BCUT2D eigenvalue weighted by atomic mass is 10.0. The molecule has 1 aliphatic heterocycles. The van der Waals surface area contributed by atoms with Gasteiger partial charge in [0.1, 0.15) is 0 Å². The van der Waals surface area contributed by atoms with E-state index in [0.717, 1.165) is 43.3 Å². The monoisotopic (exact) mass is 296 g/mol. The minimum atomic E-state index is 0.0647. The van der Waals surface area contributed by atoms with Gasteiger partial charge in [0.15, 0.2) is 0 Å². The lowest BCUT2D eigenvalue weighted by Gasteiger charge is -2.39. The molecule has 1 heterocycles. The third-order valence-electron chi connectivity index (χ3n) is 3.88. The zero-order valence-corrected chi connectivity index (χ0v) is 13.2. The number of aliphatic hydroxyl groups excluding tert-OH is 1. The number of hydrogen-bond donors (Lipinski definition) is 1. The molecule has 20 heavy (non-hydrogen) atoms. The molecule has 2 rings (SSSR count). The van der Waals surface area contributed by atoms with Gasteiger partial charge in [-0.15, -0.1) is 0 Å². The Kier molecular flexibility index (Phi) is 5.85. The molecular formula is C16H25ClN2O. The Labute approximate surface area is 127 Å². The second kappa shape index (κ2) is 7.41. The van der Waals surface area contributed by atoms with Crippen LogP contribution in [0, 0.1) is 5.92 Å². The normalized spacial score (nSPS) is 19.4. The Balaban J connectivity index is 1.97. The van der Waals surface area contributed by atoms with Gasteiger partial charge < -0.3 is 10.0 Å². The van der Waals surface area contributed by atoms with Crippen molar-refractivity contribution >= 4 is 11.6 Å². The van der Waals surface area contributed by atoms with Crippen molar-refractivity contribution in [2.24, 2.45) is 5.92 Å². The maximum atomic E-state index is 9.74. The SMILES string of the molecule is CC(C)CN1CCN(C(CO)c2cccc(Cl)c2)CC1. The van der Waals surface area contributed by atoms with Crippen LogP contribution in [0.4, 0.5) is 0 Å². The van der Waals surface area contributed by atoms with Crippen molar-refractivity contribution in [3.63, 3.8) is 0 Å². The van der Waals surface area contributed by atoms with Crippen molar-refractivity contribution in [3.05, 3.63) is 34.9 Å². The molecule has 1 aromatic rings. The fourth-order valence-electron chi connectivity index (χ4n) is 2.92. The van der Waals surface area contributed by atoms with Crippen LogP contribution in [-0.4, -0.2) is 54.2 Å². The largest absolute Gasteiger partial charge is 0.394 e. The first kappa shape index (κ1) is 15.8. The third-order valence-corrected chi connectivity index (χ3v) is 4.11. The summed E-state index contributed by atoms with van der Waals surface area (Å²) < 4.78 is 0. The van der Waals surface area contributed by atoms with Crippen LogP contribution in [0.25, 0.3) is 0 Å². The summed E-state index contributed by atoms with van der Waals surface area (Å²) >= 11 is 6.06. The Morgan fingerprint density at radius 3 is 2.45 bits per heavy atom. The van der Waals surface area contributed by atoms with Crippen LogP contribution in [-0.2, 0) is 0 Å². The van der Waals surface area contributed by atoms with Crippen molar-refractivity contribution in [1.29, 1.82) is 0 Å². The summed E-state index contributed by atoms with van der Waals surface area (Å²) in [5.41, 5.74) is 1.11. The van der Waals surface area contributed by atoms with Gasteiger partial charge in [-0.1, -0.05) is 37.6 Å². The van der Waals surface area contributed by atoms with Crippen molar-refractivity contribution in [3.8, 4) is 0 Å². The van der Waals surface area contributed by atoms with Gasteiger partial charge in [-0.05, 0) is 23.6 Å². The average molecular weight is 297 g/mol. The standard InChI is InChI=1S/C16H25ClN2O/c1-13(2)11-18-6-8-19(9-7-18)16(12-20)14-4-3-5-15(17)10-14/h3-5,10,13,16,20H,6-9,11-12H2,1-2H3. The van der Waals surface area contributed by atoms with Gasteiger partial charge in [0.25, 0.3) is 0 Å². The van der Waals surface area contributed by atoms with Gasteiger partial charge >= 0.3 is 0 Å². The molecule has 0 saturated carbocycles. The first-order chi connectivity index (χ1) is 9.60. The highest BCUT2D eigenvalue weighted by molar-refractivity contribution is 6.30. The highest BCUT2D eigenvalue weighted by atomic mass is 35.5. The summed E-state index contributed by atoms with van der Waals surface area (Å²) in [6.45, 7) is 9.99. The Morgan fingerprint density at radius 1 is 1.20 bits per heavy atom. The van der Waals surface area contributed by atoms with E-state index in [1.807, 2.05) is 24.3 Å². The molecule has 3 nitrogen and oxygen atoms in total. The molecule has 4 heteroatoms. The first-order valence-corrected chi connectivity index (χ1v) is 7.80. The van der Waals surface area contributed by atoms with E-state index in [4.69, 9.17) is 11.6 Å². The second-order valence-corrected chi connectivity index (χ2v) is 6.42. The molecular weight excluding hydrogens is 272 g/mol. The molecule has 1 fully saturated rings. The molecule has 112 valence electrons. The Bertz CT molecular complexity index is 417. The quantitative estimate of drug-likeness (QED) is 0.905. The maximum absolute atomic E-state index is 9.74. The molecule has 0 bridgehead atoms. The van der Waals surface area contributed by atoms with Crippen molar-refractivity contribution in [2.45, 2.75) is 19.9 Å². The van der Waals surface area contributed by atoms with Gasteiger partial charge in [-0.3, -0.25) is 4.90 Å². The van der Waals surface area contributed by atoms with E-state index in [0.29, 0.717) is 5.92 Å². The predicted molar refractivity (Wildman–Crippen MR) is 84.1 cm³/mol. The molecule has 0 amide bonds. The summed E-state index contributed by atoms with van der Waals surface area (Å²) in [4.78, 5) is 4.87. The van der Waals surface area contributed by atoms with E-state index in [1.54, 1.807) is 0 Å². The number of piperazine rings is 1. The van der Waals surface area contributed by atoms with Crippen molar-refractivity contribution < 1.29 is 5.11 Å². The zero-order chi connectivity index (χ0) is 14.5. The smallest absolute Gasteiger partial charge is 0.0628 e. The summed E-state index contributed by atoms with van der Waals surface area (Å²) in [5, 5.41) is 10.5. The minimum absolute atomic E-state index is 0.0647. The Morgan fingerprint density at radius 2 is 1.90 bits per heavy atom. The highest BCUT2D eigenvalue weighted by Gasteiger charge is 2.24. The summed E-state index contributed by atoms with van der Waals surface area (Å²) in [6, 6.07) is 7.90. The van der Waals surface area contributed by atoms with E-state index in [1.165, 1.54) is 0 Å². The molecule has 1 aromatic carbocycles. The minimum Gasteiger partial charge on any atom is -0.394 e. The summed E-state index contributed by atoms with van der Waals surface area (Å²) in [6.07, 6.45) is 0.